The predicted octanol–water partition coefficient (Wildman–Crippen LogP) is 3.21. The van der Waals surface area contributed by atoms with Crippen molar-refractivity contribution in [2.45, 2.75) is 44.8 Å². The van der Waals surface area contributed by atoms with E-state index < -0.39 is 0 Å². The maximum Gasteiger partial charge on any atom is 0.120 e. The van der Waals surface area contributed by atoms with E-state index in [9.17, 15) is 5.11 Å². The molecule has 0 saturated carbocycles. The van der Waals surface area contributed by atoms with E-state index in [2.05, 4.69) is 32.7 Å². The van der Waals surface area contributed by atoms with Gasteiger partial charge in [0.05, 0.1) is 0 Å². The number of piperazine rings is 1. The van der Waals surface area contributed by atoms with Crippen molar-refractivity contribution in [2.75, 3.05) is 19.6 Å². The van der Waals surface area contributed by atoms with Crippen LogP contribution >= 0.6 is 15.9 Å². The van der Waals surface area contributed by atoms with Crippen LogP contribution in [0.3, 0.4) is 0 Å². The van der Waals surface area contributed by atoms with Crippen LogP contribution in [0.5, 0.6) is 5.75 Å². The van der Waals surface area contributed by atoms with Crippen LogP contribution in [0.25, 0.3) is 0 Å². The van der Waals surface area contributed by atoms with E-state index in [1.807, 2.05) is 12.1 Å². The lowest BCUT2D eigenvalue weighted by molar-refractivity contribution is 0.0108. The molecule has 0 aliphatic carbocycles. The molecule has 2 atom stereocenters. The second-order valence-electron chi connectivity index (χ2n) is 6.20. The summed E-state index contributed by atoms with van der Waals surface area (Å²) in [5.74, 6) is 0.409. The number of rotatable bonds is 2. The number of fused-ring (bicyclic) bond motifs is 1. The lowest BCUT2D eigenvalue weighted by Gasteiger charge is -2.47. The molecule has 2 fully saturated rings. The molecule has 1 aromatic carbocycles. The van der Waals surface area contributed by atoms with Crippen molar-refractivity contribution in [1.29, 1.82) is 0 Å². The van der Waals surface area contributed by atoms with E-state index in [0.717, 1.165) is 23.1 Å². The average Bonchev–Trinajstić information content (AvgIpc) is 2.43. The highest BCUT2D eigenvalue weighted by Crippen LogP contribution is 2.28. The minimum absolute atomic E-state index is 0.409. The minimum atomic E-state index is 0.409. The molecule has 3 rings (SSSR count). The summed E-state index contributed by atoms with van der Waals surface area (Å²) in [7, 11) is 0. The summed E-state index contributed by atoms with van der Waals surface area (Å²) in [4.78, 5) is 5.18. The molecule has 2 unspecified atom stereocenters. The highest BCUT2D eigenvalue weighted by Gasteiger charge is 2.32. The van der Waals surface area contributed by atoms with Crippen LogP contribution in [0, 0.1) is 0 Å². The van der Waals surface area contributed by atoms with Crippen molar-refractivity contribution < 1.29 is 5.11 Å². The Morgan fingerprint density at radius 1 is 1.30 bits per heavy atom. The van der Waals surface area contributed by atoms with Crippen LogP contribution in [0.15, 0.2) is 22.7 Å². The van der Waals surface area contributed by atoms with Gasteiger partial charge in [0.15, 0.2) is 0 Å². The lowest BCUT2D eigenvalue weighted by atomic mass is 9.96. The normalized spacial score (nSPS) is 28.3. The van der Waals surface area contributed by atoms with E-state index >= 15 is 0 Å². The number of piperidine rings is 1. The molecule has 0 aromatic heterocycles. The third-order valence-electron chi connectivity index (χ3n) is 4.73. The van der Waals surface area contributed by atoms with Gasteiger partial charge in [-0.25, -0.2) is 0 Å². The van der Waals surface area contributed by atoms with Gasteiger partial charge in [0.1, 0.15) is 5.75 Å². The summed E-state index contributed by atoms with van der Waals surface area (Å²) in [6, 6.07) is 6.98. The molecule has 0 radical (unpaired) electrons. The van der Waals surface area contributed by atoms with Gasteiger partial charge in [-0.2, -0.15) is 0 Å². The summed E-state index contributed by atoms with van der Waals surface area (Å²) in [6.45, 7) is 6.72. The first-order chi connectivity index (χ1) is 9.63. The standard InChI is InChI=1S/C16H23BrN2O/c1-12-9-18-7-3-2-4-15(18)11-19(12)10-13-8-14(17)5-6-16(13)20/h5-6,8,12,15,20H,2-4,7,9-11H2,1H3. The smallest absolute Gasteiger partial charge is 0.120 e. The van der Waals surface area contributed by atoms with Crippen LogP contribution in [0.1, 0.15) is 31.7 Å². The monoisotopic (exact) mass is 338 g/mol. The number of benzene rings is 1. The number of phenolic OH excluding ortho intramolecular Hbond substituents is 1. The number of phenols is 1. The molecule has 2 aliphatic rings. The summed E-state index contributed by atoms with van der Waals surface area (Å²) in [5.41, 5.74) is 1.02. The Morgan fingerprint density at radius 3 is 3.00 bits per heavy atom. The second-order valence-corrected chi connectivity index (χ2v) is 7.11. The van der Waals surface area contributed by atoms with E-state index in [0.29, 0.717) is 17.8 Å². The predicted molar refractivity (Wildman–Crippen MR) is 84.9 cm³/mol. The fraction of sp³-hybridized carbons (Fsp3) is 0.625. The number of hydrogen-bond donors (Lipinski definition) is 1. The van der Waals surface area contributed by atoms with Crippen molar-refractivity contribution in [3.05, 3.63) is 28.2 Å². The molecule has 2 saturated heterocycles. The van der Waals surface area contributed by atoms with Gasteiger partial charge in [-0.15, -0.1) is 0 Å². The maximum atomic E-state index is 10.0. The summed E-state index contributed by atoms with van der Waals surface area (Å²) in [6.07, 6.45) is 4.05. The zero-order valence-corrected chi connectivity index (χ0v) is 13.6. The first-order valence-electron chi connectivity index (χ1n) is 7.59. The van der Waals surface area contributed by atoms with Crippen molar-refractivity contribution in [3.8, 4) is 5.75 Å². The first-order valence-corrected chi connectivity index (χ1v) is 8.38. The van der Waals surface area contributed by atoms with E-state index in [1.165, 1.54) is 32.4 Å². The van der Waals surface area contributed by atoms with Crippen LogP contribution < -0.4 is 0 Å². The Bertz CT molecular complexity index is 480. The number of hydrogen-bond acceptors (Lipinski definition) is 3. The van der Waals surface area contributed by atoms with Gasteiger partial charge in [-0.1, -0.05) is 22.4 Å². The van der Waals surface area contributed by atoms with Gasteiger partial charge in [0.2, 0.25) is 0 Å². The van der Waals surface area contributed by atoms with Crippen LogP contribution in [0.4, 0.5) is 0 Å². The first kappa shape index (κ1) is 14.4. The molecule has 20 heavy (non-hydrogen) atoms. The molecule has 2 heterocycles. The van der Waals surface area contributed by atoms with Gasteiger partial charge in [-0.3, -0.25) is 9.80 Å². The number of nitrogens with zero attached hydrogens (tertiary/aromatic N) is 2. The minimum Gasteiger partial charge on any atom is -0.508 e. The van der Waals surface area contributed by atoms with Crippen LogP contribution in [-0.4, -0.2) is 46.6 Å². The fourth-order valence-electron chi connectivity index (χ4n) is 3.53. The molecule has 0 spiro atoms. The van der Waals surface area contributed by atoms with Crippen molar-refractivity contribution in [1.82, 2.24) is 9.80 Å². The van der Waals surface area contributed by atoms with Gasteiger partial charge >= 0.3 is 0 Å². The molecule has 110 valence electrons. The van der Waals surface area contributed by atoms with Gasteiger partial charge < -0.3 is 5.11 Å². The molecule has 0 amide bonds. The molecule has 0 bridgehead atoms. The summed E-state index contributed by atoms with van der Waals surface area (Å²) in [5, 5.41) is 10.0. The maximum absolute atomic E-state index is 10.0. The Kier molecular flexibility index (Phi) is 4.34. The summed E-state index contributed by atoms with van der Waals surface area (Å²) >= 11 is 3.49. The van der Waals surface area contributed by atoms with Crippen molar-refractivity contribution >= 4 is 15.9 Å². The SMILES string of the molecule is CC1CN2CCCCC2CN1Cc1cc(Br)ccc1O. The number of halogens is 1. The molecule has 4 heteroatoms. The Morgan fingerprint density at radius 2 is 2.15 bits per heavy atom. The van der Waals surface area contributed by atoms with Crippen LogP contribution in [0.2, 0.25) is 0 Å². The average molecular weight is 339 g/mol. The zero-order chi connectivity index (χ0) is 14.1. The zero-order valence-electron chi connectivity index (χ0n) is 12.1. The molecule has 2 aliphatic heterocycles. The summed E-state index contributed by atoms with van der Waals surface area (Å²) < 4.78 is 1.04. The fourth-order valence-corrected chi connectivity index (χ4v) is 3.94. The van der Waals surface area contributed by atoms with Gasteiger partial charge in [0, 0.05) is 41.8 Å². The van der Waals surface area contributed by atoms with Gasteiger partial charge in [-0.05, 0) is 44.5 Å². The van der Waals surface area contributed by atoms with Crippen molar-refractivity contribution in [3.63, 3.8) is 0 Å². The molecule has 3 nitrogen and oxygen atoms in total. The Hall–Kier alpha value is -0.580. The lowest BCUT2D eigenvalue weighted by Crippen LogP contribution is -2.58. The van der Waals surface area contributed by atoms with E-state index in [4.69, 9.17) is 0 Å². The van der Waals surface area contributed by atoms with Gasteiger partial charge in [0.25, 0.3) is 0 Å². The van der Waals surface area contributed by atoms with E-state index in [-0.39, 0.29) is 0 Å². The molecular weight excluding hydrogens is 316 g/mol. The Labute approximate surface area is 129 Å². The third kappa shape index (κ3) is 3.02. The van der Waals surface area contributed by atoms with E-state index in [1.54, 1.807) is 6.07 Å². The van der Waals surface area contributed by atoms with Crippen molar-refractivity contribution in [2.24, 2.45) is 0 Å². The largest absolute Gasteiger partial charge is 0.508 e. The number of aromatic hydroxyl groups is 1. The molecular formula is C16H23BrN2O. The quantitative estimate of drug-likeness (QED) is 0.896. The topological polar surface area (TPSA) is 26.7 Å². The molecule has 1 N–H and O–H groups in total. The molecule has 1 aromatic rings. The van der Waals surface area contributed by atoms with Crippen LogP contribution in [-0.2, 0) is 6.54 Å². The third-order valence-corrected chi connectivity index (χ3v) is 5.22. The Balaban J connectivity index is 1.71. The second kappa shape index (κ2) is 6.04. The highest BCUT2D eigenvalue weighted by atomic mass is 79.9. The highest BCUT2D eigenvalue weighted by molar-refractivity contribution is 9.10.